The molecule has 1 fully saturated rings. The van der Waals surface area contributed by atoms with Crippen LogP contribution >= 0.6 is 15.9 Å². The van der Waals surface area contributed by atoms with Crippen molar-refractivity contribution in [2.24, 2.45) is 5.92 Å². The van der Waals surface area contributed by atoms with Crippen molar-refractivity contribution in [1.29, 1.82) is 0 Å². The second-order valence-electron chi connectivity index (χ2n) is 5.25. The van der Waals surface area contributed by atoms with Crippen molar-refractivity contribution < 1.29 is 9.72 Å². The fourth-order valence-electron chi connectivity index (χ4n) is 2.47. The first-order valence-electron chi connectivity index (χ1n) is 6.72. The molecule has 0 aromatic heterocycles. The van der Waals surface area contributed by atoms with Gasteiger partial charge in [0, 0.05) is 23.6 Å². The van der Waals surface area contributed by atoms with Gasteiger partial charge in [-0.05, 0) is 37.3 Å². The van der Waals surface area contributed by atoms with Gasteiger partial charge < -0.3 is 4.90 Å². The van der Waals surface area contributed by atoms with Crippen molar-refractivity contribution in [2.45, 2.75) is 26.2 Å². The zero-order valence-electron chi connectivity index (χ0n) is 11.3. The van der Waals surface area contributed by atoms with Gasteiger partial charge in [-0.2, -0.15) is 0 Å². The standard InChI is InChI=1S/C14H17BrN2O3/c1-10-3-2-7-16(8-6-10)14(18)12-5-4-11(15)9-13(12)17(19)20/h4-5,9-10H,2-3,6-8H2,1H3. The molecule has 0 radical (unpaired) electrons. The summed E-state index contributed by atoms with van der Waals surface area (Å²) in [5, 5.41) is 11.1. The molecule has 1 atom stereocenters. The summed E-state index contributed by atoms with van der Waals surface area (Å²) in [6.45, 7) is 3.53. The number of nitro benzene ring substituents is 1. The Kier molecular flexibility index (Phi) is 4.75. The molecule has 0 N–H and O–H groups in total. The molecular weight excluding hydrogens is 324 g/mol. The molecule has 1 aromatic carbocycles. The number of carbonyl (C=O) groups excluding carboxylic acids is 1. The molecule has 2 rings (SSSR count). The van der Waals surface area contributed by atoms with Gasteiger partial charge in [0.2, 0.25) is 0 Å². The Hall–Kier alpha value is -1.43. The summed E-state index contributed by atoms with van der Waals surface area (Å²) >= 11 is 3.20. The highest BCUT2D eigenvalue weighted by Crippen LogP contribution is 2.26. The molecule has 1 saturated heterocycles. The second kappa shape index (κ2) is 6.35. The van der Waals surface area contributed by atoms with E-state index in [1.54, 1.807) is 11.0 Å². The van der Waals surface area contributed by atoms with Crippen molar-refractivity contribution in [3.63, 3.8) is 0 Å². The first-order valence-corrected chi connectivity index (χ1v) is 7.51. The third-order valence-electron chi connectivity index (χ3n) is 3.69. The Morgan fingerprint density at radius 2 is 2.15 bits per heavy atom. The molecule has 1 amide bonds. The Balaban J connectivity index is 2.26. The maximum absolute atomic E-state index is 12.5. The lowest BCUT2D eigenvalue weighted by molar-refractivity contribution is -0.385. The van der Waals surface area contributed by atoms with Gasteiger partial charge in [-0.15, -0.1) is 0 Å². The third kappa shape index (κ3) is 3.36. The minimum atomic E-state index is -0.502. The molecule has 1 unspecified atom stereocenters. The van der Waals surface area contributed by atoms with Gasteiger partial charge in [0.25, 0.3) is 11.6 Å². The van der Waals surface area contributed by atoms with Crippen molar-refractivity contribution in [1.82, 2.24) is 4.90 Å². The van der Waals surface area contributed by atoms with Crippen LogP contribution in [0.4, 0.5) is 5.69 Å². The topological polar surface area (TPSA) is 63.5 Å². The normalized spacial score (nSPS) is 19.5. The Bertz CT molecular complexity index is 533. The molecule has 20 heavy (non-hydrogen) atoms. The van der Waals surface area contributed by atoms with Crippen LogP contribution in [-0.2, 0) is 0 Å². The summed E-state index contributed by atoms with van der Waals surface area (Å²) in [7, 11) is 0. The summed E-state index contributed by atoms with van der Waals surface area (Å²) in [5.74, 6) is 0.367. The zero-order chi connectivity index (χ0) is 14.7. The predicted molar refractivity (Wildman–Crippen MR) is 79.7 cm³/mol. The summed E-state index contributed by atoms with van der Waals surface area (Å²) in [4.78, 5) is 24.8. The van der Waals surface area contributed by atoms with Crippen LogP contribution in [0.3, 0.4) is 0 Å². The summed E-state index contributed by atoms with van der Waals surface area (Å²) in [5.41, 5.74) is 0.0365. The van der Waals surface area contributed by atoms with E-state index in [1.165, 1.54) is 12.1 Å². The van der Waals surface area contributed by atoms with Crippen LogP contribution in [0.2, 0.25) is 0 Å². The molecule has 0 bridgehead atoms. The van der Waals surface area contributed by atoms with Crippen LogP contribution in [0, 0.1) is 16.0 Å². The van der Waals surface area contributed by atoms with E-state index in [4.69, 9.17) is 0 Å². The average molecular weight is 341 g/mol. The van der Waals surface area contributed by atoms with Gasteiger partial charge >= 0.3 is 0 Å². The van der Waals surface area contributed by atoms with Gasteiger partial charge in [-0.25, -0.2) is 0 Å². The van der Waals surface area contributed by atoms with Gasteiger partial charge in [0.15, 0.2) is 0 Å². The van der Waals surface area contributed by atoms with Crippen LogP contribution in [-0.4, -0.2) is 28.8 Å². The lowest BCUT2D eigenvalue weighted by atomic mass is 10.0. The van der Waals surface area contributed by atoms with E-state index in [2.05, 4.69) is 22.9 Å². The molecule has 0 spiro atoms. The molecule has 5 nitrogen and oxygen atoms in total. The fraction of sp³-hybridized carbons (Fsp3) is 0.500. The maximum Gasteiger partial charge on any atom is 0.283 e. The van der Waals surface area contributed by atoms with Gasteiger partial charge in [0.05, 0.1) is 4.92 Å². The monoisotopic (exact) mass is 340 g/mol. The summed E-state index contributed by atoms with van der Waals surface area (Å²) in [6, 6.07) is 4.58. The highest BCUT2D eigenvalue weighted by molar-refractivity contribution is 9.10. The van der Waals surface area contributed by atoms with Gasteiger partial charge in [0.1, 0.15) is 5.56 Å². The van der Waals surface area contributed by atoms with Crippen molar-refractivity contribution in [3.8, 4) is 0 Å². The van der Waals surface area contributed by atoms with E-state index in [9.17, 15) is 14.9 Å². The second-order valence-corrected chi connectivity index (χ2v) is 6.16. The lowest BCUT2D eigenvalue weighted by Crippen LogP contribution is -2.32. The largest absolute Gasteiger partial charge is 0.338 e. The van der Waals surface area contributed by atoms with Crippen molar-refractivity contribution in [3.05, 3.63) is 38.3 Å². The zero-order valence-corrected chi connectivity index (χ0v) is 12.9. The number of hydrogen-bond donors (Lipinski definition) is 0. The van der Waals surface area contributed by atoms with Gasteiger partial charge in [-0.3, -0.25) is 14.9 Å². The van der Waals surface area contributed by atoms with E-state index < -0.39 is 4.92 Å². The number of nitrogens with zero attached hydrogens (tertiary/aromatic N) is 2. The Morgan fingerprint density at radius 3 is 2.85 bits per heavy atom. The Labute approximate surface area is 126 Å². The highest BCUT2D eigenvalue weighted by atomic mass is 79.9. The van der Waals surface area contributed by atoms with E-state index in [0.717, 1.165) is 19.3 Å². The number of rotatable bonds is 2. The third-order valence-corrected chi connectivity index (χ3v) is 4.18. The molecule has 0 saturated carbocycles. The number of likely N-dealkylation sites (tertiary alicyclic amines) is 1. The summed E-state index contributed by atoms with van der Waals surface area (Å²) < 4.78 is 0.602. The number of hydrogen-bond acceptors (Lipinski definition) is 3. The number of nitro groups is 1. The lowest BCUT2D eigenvalue weighted by Gasteiger charge is -2.20. The van der Waals surface area contributed by atoms with Crippen LogP contribution in [0.25, 0.3) is 0 Å². The average Bonchev–Trinajstić information content (AvgIpc) is 2.62. The molecule has 1 aliphatic heterocycles. The highest BCUT2D eigenvalue weighted by Gasteiger charge is 2.26. The quantitative estimate of drug-likeness (QED) is 0.610. The molecule has 6 heteroatoms. The first-order chi connectivity index (χ1) is 9.49. The number of amides is 1. The minimum Gasteiger partial charge on any atom is -0.338 e. The number of halogens is 1. The van der Waals surface area contributed by atoms with Crippen molar-refractivity contribution >= 4 is 27.5 Å². The van der Waals surface area contributed by atoms with E-state index >= 15 is 0 Å². The molecule has 0 aliphatic carbocycles. The van der Waals surface area contributed by atoms with Gasteiger partial charge in [-0.1, -0.05) is 22.9 Å². The van der Waals surface area contributed by atoms with Crippen molar-refractivity contribution in [2.75, 3.05) is 13.1 Å². The van der Waals surface area contributed by atoms with E-state index in [1.807, 2.05) is 0 Å². The summed E-state index contributed by atoms with van der Waals surface area (Å²) in [6.07, 6.45) is 3.01. The SMILES string of the molecule is CC1CCCN(C(=O)c2ccc(Br)cc2[N+](=O)[O-])CC1. The maximum atomic E-state index is 12.5. The molecular formula is C14H17BrN2O3. The van der Waals surface area contributed by atoms with Crippen LogP contribution in [0.5, 0.6) is 0 Å². The van der Waals surface area contributed by atoms with Crippen LogP contribution < -0.4 is 0 Å². The number of carbonyl (C=O) groups is 1. The molecule has 108 valence electrons. The molecule has 1 heterocycles. The minimum absolute atomic E-state index is 0.137. The van der Waals surface area contributed by atoms with E-state index in [0.29, 0.717) is 23.5 Å². The smallest absolute Gasteiger partial charge is 0.283 e. The molecule has 1 aliphatic rings. The number of benzene rings is 1. The predicted octanol–water partition coefficient (Wildman–Crippen LogP) is 3.62. The first kappa shape index (κ1) is 15.0. The van der Waals surface area contributed by atoms with Crippen LogP contribution in [0.1, 0.15) is 36.5 Å². The van der Waals surface area contributed by atoms with E-state index in [-0.39, 0.29) is 17.2 Å². The van der Waals surface area contributed by atoms with Crippen LogP contribution in [0.15, 0.2) is 22.7 Å². The fourth-order valence-corrected chi connectivity index (χ4v) is 2.82. The molecule has 1 aromatic rings. The Morgan fingerprint density at radius 1 is 1.40 bits per heavy atom.